The minimum atomic E-state index is -0.507. The molecule has 0 spiro atoms. The minimum absolute atomic E-state index is 0.0944. The van der Waals surface area contributed by atoms with Gasteiger partial charge >= 0.3 is 6.03 Å². The van der Waals surface area contributed by atoms with E-state index in [1.54, 1.807) is 18.2 Å². The maximum absolute atomic E-state index is 14.9. The molecule has 3 aromatic rings. The zero-order valence-corrected chi connectivity index (χ0v) is 18.7. The predicted molar refractivity (Wildman–Crippen MR) is 129 cm³/mol. The van der Waals surface area contributed by atoms with Crippen LogP contribution in [-0.4, -0.2) is 12.6 Å². The van der Waals surface area contributed by atoms with Crippen molar-refractivity contribution in [2.45, 2.75) is 18.8 Å². The lowest BCUT2D eigenvalue weighted by atomic mass is 9.89. The van der Waals surface area contributed by atoms with Crippen LogP contribution in [0.15, 0.2) is 77.8 Å². The summed E-state index contributed by atoms with van der Waals surface area (Å²) in [7, 11) is 0. The van der Waals surface area contributed by atoms with Crippen LogP contribution < -0.4 is 16.0 Å². The topological polar surface area (TPSA) is 53.2 Å². The van der Waals surface area contributed by atoms with Crippen molar-refractivity contribution in [3.05, 3.63) is 100 Å². The van der Waals surface area contributed by atoms with Gasteiger partial charge in [0.25, 0.3) is 0 Å². The largest absolute Gasteiger partial charge is 0.383 e. The van der Waals surface area contributed by atoms with Crippen LogP contribution in [0.2, 0.25) is 0 Å². The zero-order valence-electron chi connectivity index (χ0n) is 17.1. The van der Waals surface area contributed by atoms with Crippen molar-refractivity contribution in [3.63, 3.8) is 0 Å². The third kappa shape index (κ3) is 4.35. The van der Waals surface area contributed by atoms with Crippen LogP contribution in [0.1, 0.15) is 35.4 Å². The number of urea groups is 1. The van der Waals surface area contributed by atoms with Crippen LogP contribution in [-0.2, 0) is 0 Å². The molecule has 1 aliphatic rings. The Balaban J connectivity index is 1.84. The van der Waals surface area contributed by atoms with Crippen molar-refractivity contribution in [2.24, 2.45) is 0 Å². The van der Waals surface area contributed by atoms with Gasteiger partial charge in [0.15, 0.2) is 0 Å². The molecule has 3 aromatic carbocycles. The average Bonchev–Trinajstić information content (AvgIpc) is 2.76. The second-order valence-electron chi connectivity index (χ2n) is 7.61. The van der Waals surface area contributed by atoms with Crippen LogP contribution >= 0.6 is 15.9 Å². The molecule has 2 bridgehead atoms. The number of anilines is 3. The summed E-state index contributed by atoms with van der Waals surface area (Å²) in [6.45, 7) is 6.51. The summed E-state index contributed by atoms with van der Waals surface area (Å²) >= 11 is 3.57. The van der Waals surface area contributed by atoms with Gasteiger partial charge in [0.05, 0.1) is 17.1 Å². The molecule has 0 saturated heterocycles. The lowest BCUT2D eigenvalue weighted by Gasteiger charge is -2.24. The standard InChI is InChI=1S/C25H23BrFN3O/c1-3-18(16-8-5-4-6-9-16)20-12-17(26)13-22-24(20)28-14-15(2)19-10-7-11-21(23(19)27)29-25(31)30-22/h3-13,15,18,28H,1,14H2,2H3,(H2,29,30,31). The average molecular weight is 480 g/mol. The molecule has 3 N–H and O–H groups in total. The van der Waals surface area contributed by atoms with E-state index in [0.29, 0.717) is 17.8 Å². The van der Waals surface area contributed by atoms with Crippen molar-refractivity contribution < 1.29 is 9.18 Å². The summed E-state index contributed by atoms with van der Waals surface area (Å²) in [4.78, 5) is 12.7. The molecule has 0 radical (unpaired) electrons. The number of carbonyl (C=O) groups excluding carboxylic acids is 1. The summed E-state index contributed by atoms with van der Waals surface area (Å²) in [5.41, 5.74) is 4.15. The Kier molecular flexibility index (Phi) is 6.09. The second-order valence-corrected chi connectivity index (χ2v) is 8.53. The Morgan fingerprint density at radius 3 is 2.58 bits per heavy atom. The Labute approximate surface area is 189 Å². The number of rotatable bonds is 3. The molecule has 0 saturated carbocycles. The van der Waals surface area contributed by atoms with E-state index < -0.39 is 11.8 Å². The zero-order chi connectivity index (χ0) is 22.0. The van der Waals surface area contributed by atoms with Crippen molar-refractivity contribution in [1.82, 2.24) is 0 Å². The van der Waals surface area contributed by atoms with Crippen molar-refractivity contribution in [1.29, 1.82) is 0 Å². The molecule has 4 rings (SSSR count). The Hall–Kier alpha value is -3.12. The summed E-state index contributed by atoms with van der Waals surface area (Å²) in [6, 6.07) is 18.5. The summed E-state index contributed by atoms with van der Waals surface area (Å²) in [6.07, 6.45) is 1.89. The van der Waals surface area contributed by atoms with E-state index in [9.17, 15) is 9.18 Å². The molecule has 1 aliphatic heterocycles. The molecule has 31 heavy (non-hydrogen) atoms. The van der Waals surface area contributed by atoms with Gasteiger partial charge < -0.3 is 16.0 Å². The van der Waals surface area contributed by atoms with E-state index >= 15 is 0 Å². The number of fused-ring (bicyclic) bond motifs is 3. The molecule has 2 unspecified atom stereocenters. The van der Waals surface area contributed by atoms with Crippen LogP contribution in [0, 0.1) is 5.82 Å². The number of hydrogen-bond donors (Lipinski definition) is 3. The first kappa shape index (κ1) is 21.1. The monoisotopic (exact) mass is 479 g/mol. The molecule has 0 aliphatic carbocycles. The summed E-state index contributed by atoms with van der Waals surface area (Å²) in [5.74, 6) is -0.617. The molecule has 2 amide bonds. The van der Waals surface area contributed by atoms with Gasteiger partial charge in [-0.15, -0.1) is 6.58 Å². The molecular weight excluding hydrogens is 457 g/mol. The maximum atomic E-state index is 14.9. The first-order valence-corrected chi connectivity index (χ1v) is 10.9. The summed E-state index contributed by atoms with van der Waals surface area (Å²) < 4.78 is 15.8. The molecule has 158 valence electrons. The Morgan fingerprint density at radius 2 is 1.84 bits per heavy atom. The normalized spacial score (nSPS) is 16.6. The smallest absolute Gasteiger partial charge is 0.323 e. The Morgan fingerprint density at radius 1 is 1.10 bits per heavy atom. The fourth-order valence-corrected chi connectivity index (χ4v) is 4.42. The number of hydrogen-bond acceptors (Lipinski definition) is 2. The molecule has 1 heterocycles. The highest BCUT2D eigenvalue weighted by Crippen LogP contribution is 2.39. The van der Waals surface area contributed by atoms with Gasteiger partial charge in [0.2, 0.25) is 0 Å². The second kappa shape index (κ2) is 8.94. The van der Waals surface area contributed by atoms with Gasteiger partial charge in [-0.25, -0.2) is 9.18 Å². The fourth-order valence-electron chi connectivity index (χ4n) is 3.94. The van der Waals surface area contributed by atoms with Gasteiger partial charge in [-0.3, -0.25) is 0 Å². The SMILES string of the molecule is C=CC(c1ccccc1)c1cc(Br)cc2c1NCC(C)c1cccc(c1F)NC(=O)N2. The van der Waals surface area contributed by atoms with Crippen LogP contribution in [0.3, 0.4) is 0 Å². The predicted octanol–water partition coefficient (Wildman–Crippen LogP) is 7.08. The van der Waals surface area contributed by atoms with Crippen molar-refractivity contribution in [2.75, 3.05) is 22.5 Å². The highest BCUT2D eigenvalue weighted by molar-refractivity contribution is 9.10. The van der Waals surface area contributed by atoms with Crippen molar-refractivity contribution in [3.8, 4) is 0 Å². The van der Waals surface area contributed by atoms with Crippen LogP contribution in [0.25, 0.3) is 0 Å². The van der Waals surface area contributed by atoms with E-state index in [2.05, 4.69) is 38.5 Å². The maximum Gasteiger partial charge on any atom is 0.323 e. The van der Waals surface area contributed by atoms with Gasteiger partial charge in [-0.05, 0) is 34.9 Å². The van der Waals surface area contributed by atoms with Crippen molar-refractivity contribution >= 4 is 39.0 Å². The van der Waals surface area contributed by atoms with E-state index in [1.807, 2.05) is 55.5 Å². The fraction of sp³-hybridized carbons (Fsp3) is 0.160. The summed E-state index contributed by atoms with van der Waals surface area (Å²) in [5, 5.41) is 8.98. The van der Waals surface area contributed by atoms with Gasteiger partial charge in [0, 0.05) is 22.9 Å². The van der Waals surface area contributed by atoms with E-state index in [4.69, 9.17) is 0 Å². The van der Waals surface area contributed by atoms with Crippen LogP contribution in [0.5, 0.6) is 0 Å². The van der Waals surface area contributed by atoms with Gasteiger partial charge in [-0.1, -0.05) is 71.4 Å². The van der Waals surface area contributed by atoms with Gasteiger partial charge in [0.1, 0.15) is 5.82 Å². The molecule has 0 aromatic heterocycles. The number of carbonyl (C=O) groups is 1. The molecule has 0 fully saturated rings. The highest BCUT2D eigenvalue weighted by Gasteiger charge is 2.23. The highest BCUT2D eigenvalue weighted by atomic mass is 79.9. The number of nitrogens with one attached hydrogen (secondary N) is 3. The van der Waals surface area contributed by atoms with Gasteiger partial charge in [-0.2, -0.15) is 0 Å². The first-order valence-electron chi connectivity index (χ1n) is 10.1. The Bertz CT molecular complexity index is 1130. The lowest BCUT2D eigenvalue weighted by Crippen LogP contribution is -2.21. The molecule has 2 atom stereocenters. The number of allylic oxidation sites excluding steroid dienone is 1. The molecule has 6 heteroatoms. The minimum Gasteiger partial charge on any atom is -0.383 e. The third-order valence-electron chi connectivity index (χ3n) is 5.50. The number of benzene rings is 3. The van der Waals surface area contributed by atoms with E-state index in [0.717, 1.165) is 21.3 Å². The van der Waals surface area contributed by atoms with Crippen LogP contribution in [0.4, 0.5) is 26.2 Å². The lowest BCUT2D eigenvalue weighted by molar-refractivity contribution is 0.262. The first-order chi connectivity index (χ1) is 15.0. The molecular formula is C25H23BrFN3O. The number of amides is 2. The molecule has 4 nitrogen and oxygen atoms in total. The van der Waals surface area contributed by atoms with E-state index in [-0.39, 0.29) is 17.5 Å². The quantitative estimate of drug-likeness (QED) is 0.351. The third-order valence-corrected chi connectivity index (χ3v) is 5.96. The van der Waals surface area contributed by atoms with E-state index in [1.165, 1.54) is 0 Å². The number of halogens is 2.